The van der Waals surface area contributed by atoms with Crippen LogP contribution in [0.5, 0.6) is 0 Å². The van der Waals surface area contributed by atoms with Crippen LogP contribution in [0.3, 0.4) is 0 Å². The quantitative estimate of drug-likeness (QED) is 0.00813. The van der Waals surface area contributed by atoms with Crippen molar-refractivity contribution >= 4 is 147 Å². The molecular formula is C90H119N19O27. The molecule has 2 saturated heterocycles. The molecule has 0 saturated carbocycles. The van der Waals surface area contributed by atoms with Crippen LogP contribution in [-0.4, -0.2) is 285 Å². The molecule has 0 radical (unpaired) electrons. The number of benzene rings is 4. The van der Waals surface area contributed by atoms with Gasteiger partial charge in [0.2, 0.25) is 82.7 Å². The van der Waals surface area contributed by atoms with E-state index in [4.69, 9.17) is 16.2 Å². The number of carboxylic acids is 4. The number of rotatable bonds is 40. The number of nitrogens with two attached hydrogens (primary N) is 2. The first kappa shape index (κ1) is 108. The van der Waals surface area contributed by atoms with E-state index in [-0.39, 0.29) is 49.5 Å². The first-order valence-corrected chi connectivity index (χ1v) is 44.4. The number of aromatic amines is 1. The van der Waals surface area contributed by atoms with E-state index in [1.807, 2.05) is 41.0 Å². The van der Waals surface area contributed by atoms with Gasteiger partial charge in [-0.25, -0.2) is 4.79 Å². The fourth-order valence-corrected chi connectivity index (χ4v) is 14.8. The largest absolute Gasteiger partial charge is 0.481 e. The topological polar surface area (TPSA) is 712 Å². The van der Waals surface area contributed by atoms with Gasteiger partial charge in [0, 0.05) is 91.6 Å². The number of ether oxygens (including phenoxy) is 1. The van der Waals surface area contributed by atoms with Crippen molar-refractivity contribution in [1.29, 1.82) is 0 Å². The number of cyclic esters (lactones) is 1. The number of hydrogen-bond donors (Lipinski definition) is 22. The number of para-hydroxylation sites is 3. The van der Waals surface area contributed by atoms with Crippen LogP contribution in [0, 0.1) is 5.92 Å². The van der Waals surface area contributed by atoms with Gasteiger partial charge in [-0.05, 0) is 99.2 Å². The van der Waals surface area contributed by atoms with Crippen LogP contribution in [-0.2, 0) is 109 Å². The lowest BCUT2D eigenvalue weighted by molar-refractivity contribution is -0.156. The lowest BCUT2D eigenvalue weighted by Gasteiger charge is -2.36. The van der Waals surface area contributed by atoms with Crippen LogP contribution in [0.4, 0.5) is 11.4 Å². The van der Waals surface area contributed by atoms with Crippen molar-refractivity contribution < 1.29 is 131 Å². The smallest absolute Gasteiger partial charge is 0.329 e. The second-order valence-electron chi connectivity index (χ2n) is 32.9. The van der Waals surface area contributed by atoms with Crippen molar-refractivity contribution in [2.45, 2.75) is 216 Å². The summed E-state index contributed by atoms with van der Waals surface area (Å²) in [6, 6.07) is 5.57. The number of nitrogen functional groups attached to an aromatic ring is 1. The van der Waals surface area contributed by atoms with Crippen LogP contribution < -0.4 is 90.8 Å². The van der Waals surface area contributed by atoms with E-state index in [1.54, 1.807) is 59.6 Å². The van der Waals surface area contributed by atoms with Crippen LogP contribution in [0.1, 0.15) is 162 Å². The van der Waals surface area contributed by atoms with E-state index < -0.39 is 261 Å². The highest BCUT2D eigenvalue weighted by molar-refractivity contribution is 6.05. The number of fused-ring (bicyclic) bond motifs is 1. The van der Waals surface area contributed by atoms with Gasteiger partial charge < -0.3 is 131 Å². The molecule has 7 rings (SSSR count). The summed E-state index contributed by atoms with van der Waals surface area (Å²) in [4.78, 5) is 299. The molecule has 736 valence electrons. The van der Waals surface area contributed by atoms with E-state index in [1.165, 1.54) is 24.3 Å². The minimum absolute atomic E-state index is 0.0283. The molecule has 4 aromatic carbocycles. The average Bonchev–Trinajstić information content (AvgIpc) is 0.983. The van der Waals surface area contributed by atoms with E-state index in [2.05, 4.69) is 80.6 Å². The number of aliphatic carboxylic acids is 4. The number of H-pyrrole nitrogens is 1. The minimum atomic E-state index is -2.48. The van der Waals surface area contributed by atoms with Crippen molar-refractivity contribution in [3.05, 3.63) is 132 Å². The Morgan fingerprint density at radius 2 is 1.09 bits per heavy atom. The van der Waals surface area contributed by atoms with E-state index in [0.29, 0.717) is 66.6 Å². The molecule has 24 N–H and O–H groups in total. The number of piperazine rings is 1. The monoisotopic (exact) mass is 1900 g/mol. The molecule has 4 unspecified atom stereocenters. The zero-order valence-corrected chi connectivity index (χ0v) is 75.5. The molecule has 15 amide bonds. The van der Waals surface area contributed by atoms with Crippen LogP contribution >= 0.6 is 0 Å². The molecule has 3 heterocycles. The Morgan fingerprint density at radius 3 is 1.71 bits per heavy atom. The highest BCUT2D eigenvalue weighted by Crippen LogP contribution is 2.23. The van der Waals surface area contributed by atoms with Crippen molar-refractivity contribution in [2.24, 2.45) is 11.7 Å². The molecular weight excluding hydrogens is 1780 g/mol. The van der Waals surface area contributed by atoms with Gasteiger partial charge in [0.15, 0.2) is 5.78 Å². The first-order chi connectivity index (χ1) is 64.7. The molecule has 136 heavy (non-hydrogen) atoms. The highest BCUT2D eigenvalue weighted by Gasteiger charge is 2.42. The fourth-order valence-electron chi connectivity index (χ4n) is 14.8. The molecule has 13 atom stereocenters. The van der Waals surface area contributed by atoms with Gasteiger partial charge in [0.25, 0.3) is 5.91 Å². The summed E-state index contributed by atoms with van der Waals surface area (Å²) in [6.07, 6.45) is -2.52. The second-order valence-corrected chi connectivity index (χ2v) is 32.9. The molecule has 1 aromatic heterocycles. The van der Waals surface area contributed by atoms with Crippen molar-refractivity contribution in [3.8, 4) is 0 Å². The third-order valence-corrected chi connectivity index (χ3v) is 22.2. The summed E-state index contributed by atoms with van der Waals surface area (Å²) in [5, 5.41) is 83.2. The Bertz CT molecular complexity index is 5110. The Hall–Kier alpha value is -15.0. The molecule has 2 fully saturated rings. The van der Waals surface area contributed by atoms with Gasteiger partial charge in [-0.1, -0.05) is 113 Å². The molecule has 0 aliphatic carbocycles. The molecule has 46 heteroatoms. The SMILES string of the molecule is CCCCCCCCCC(=O)N[C@@H](Cc1c[nH]c2ccccc12)C(=O)N[C@@H](CC(N)=O)C(=O)N[C@@H](CC(=O)O)C(=O)NC1C(=O)NCC(=O)N[C@@H](CCCNCc2ccc(C(=O)N3CCN(c4ccccc4)CC3)cc2)C(=O)NC(CC(=O)O)C(=O)N[C@H](C)C(=O)N[C@@H](CC(=O)O)C(=O)NCC(=O)N[C@H](CO)C(=O)NC([C@H](C)CC(=O)O)C(=O)N[C@@H](CC(=O)c2ccccc2N)C(=O)OC1C. The number of Topliss-reactive ketones (excluding diaryl/α,β-unsaturated/α-hetero) is 1. The minimum Gasteiger partial charge on any atom is -0.481 e. The molecule has 0 spiro atoms. The fraction of sp³-hybridized carbons (Fsp3) is 0.478. The number of hydrogen-bond acceptors (Lipinski definition) is 26. The summed E-state index contributed by atoms with van der Waals surface area (Å²) in [5.41, 5.74) is 14.6. The lowest BCUT2D eigenvalue weighted by Crippen LogP contribution is -2.62. The van der Waals surface area contributed by atoms with E-state index in [9.17, 15) is 112 Å². The average molecular weight is 1900 g/mol. The second kappa shape index (κ2) is 54.2. The summed E-state index contributed by atoms with van der Waals surface area (Å²) in [6.45, 7) is 3.56. The number of aromatic nitrogens is 1. The summed E-state index contributed by atoms with van der Waals surface area (Å²) in [7, 11) is 0. The number of aliphatic hydroxyl groups is 1. The number of primary amides is 1. The molecule has 2 aliphatic heterocycles. The molecule has 2 aliphatic rings. The van der Waals surface area contributed by atoms with Gasteiger partial charge in [-0.2, -0.15) is 0 Å². The molecule has 5 aromatic rings. The van der Waals surface area contributed by atoms with Gasteiger partial charge in [-0.3, -0.25) is 95.9 Å². The lowest BCUT2D eigenvalue weighted by atomic mass is 9.96. The number of carbonyl (C=O) groups excluding carboxylic acids is 17. The number of carboxylic acid groups (broad SMARTS) is 4. The third-order valence-electron chi connectivity index (χ3n) is 22.2. The van der Waals surface area contributed by atoms with Crippen LogP contribution in [0.2, 0.25) is 0 Å². The van der Waals surface area contributed by atoms with Crippen molar-refractivity contribution in [2.75, 3.05) is 63.1 Å². The maximum Gasteiger partial charge on any atom is 0.329 e. The standard InChI is InChI=1S/C90H119N19O27/c1-5-6-7-8-9-10-14-27-70(113)99-61(38-54-45-94-59-25-18-16-22-56(54)59)83(128)102-62(40-69(92)112)84(129)104-65(43-76(122)123)85(130)107-78-51(4)136-90(135)66(39-68(111)57-23-15-17-24-58(57)91)105-88(133)77(49(2)37-73(116)117)106-86(131)67(48-110)100-72(115)46-95-80(125)63(41-74(118)119)101-79(124)50(3)97-82(127)64(42-75(120)121)103-81(126)60(98-71(114)47-96-87(78)132)26-19-32-93-44-52-28-30-53(31-29-52)89(134)109-35-33-108(34-36-109)55-20-12-11-13-21-55/h11-13,15-18,20-25,28-31,45,49-51,60-67,77-78,93-94,110H,5-10,14,19,26-27,32-44,46-48,91H2,1-4H3,(H2,92,112)(H,95,125)(H,96,132)(H,97,127)(H,98,114)(H,99,113)(H,100,115)(H,101,124)(H,102,128)(H,103,126)(H,104,129)(H,105,133)(H,106,131)(H,107,130)(H,116,117)(H,118,119)(H,120,121)(H,122,123)/t49-,50-,51?,60+,61+,62+,63+,64?,65+,66+,67-,77?,78?/m1/s1. The normalized spacial score (nSPS) is 20.4. The van der Waals surface area contributed by atoms with Crippen molar-refractivity contribution in [1.82, 2.24) is 84.3 Å². The maximum absolute atomic E-state index is 15.1. The van der Waals surface area contributed by atoms with Gasteiger partial charge >= 0.3 is 29.8 Å². The third kappa shape index (κ3) is 35.2. The summed E-state index contributed by atoms with van der Waals surface area (Å²) < 4.78 is 5.77. The van der Waals surface area contributed by atoms with Crippen LogP contribution in [0.15, 0.2) is 109 Å². The highest BCUT2D eigenvalue weighted by atomic mass is 16.5. The number of amides is 15. The van der Waals surface area contributed by atoms with Crippen molar-refractivity contribution in [3.63, 3.8) is 0 Å². The number of nitrogens with zero attached hydrogens (tertiary/aromatic N) is 2. The Morgan fingerprint density at radius 1 is 0.529 bits per heavy atom. The summed E-state index contributed by atoms with van der Waals surface area (Å²) >= 11 is 0. The Kier molecular flexibility index (Phi) is 43.1. The predicted molar refractivity (Wildman–Crippen MR) is 484 cm³/mol. The van der Waals surface area contributed by atoms with Gasteiger partial charge in [-0.15, -0.1) is 0 Å². The molecule has 0 bridgehead atoms. The number of aliphatic hydroxyl groups excluding tert-OH is 1. The Balaban J connectivity index is 1.25. The van der Waals surface area contributed by atoms with E-state index >= 15 is 14.4 Å². The number of esters is 1. The van der Waals surface area contributed by atoms with Gasteiger partial charge in [0.05, 0.1) is 51.8 Å². The molecule has 46 nitrogen and oxygen atoms in total. The number of nitrogens with one attached hydrogen (secondary N) is 15. The van der Waals surface area contributed by atoms with Crippen LogP contribution in [0.25, 0.3) is 10.9 Å². The number of carbonyl (C=O) groups is 21. The number of anilines is 2. The first-order valence-electron chi connectivity index (χ1n) is 44.4. The Labute approximate surface area is 780 Å². The van der Waals surface area contributed by atoms with Gasteiger partial charge in [0.1, 0.15) is 72.6 Å². The maximum atomic E-state index is 15.1. The van der Waals surface area contributed by atoms with E-state index in [0.717, 1.165) is 58.6 Å². The predicted octanol–water partition coefficient (Wildman–Crippen LogP) is -2.83. The summed E-state index contributed by atoms with van der Waals surface area (Å²) in [5.74, 6) is -30.1. The number of unbranched alkanes of at least 4 members (excludes halogenated alkanes) is 6. The zero-order chi connectivity index (χ0) is 99.8. The zero-order valence-electron chi connectivity index (χ0n) is 75.5. The number of ketones is 1.